The predicted molar refractivity (Wildman–Crippen MR) is 103 cm³/mol. The first kappa shape index (κ1) is 20.3. The Labute approximate surface area is 176 Å². The highest BCUT2D eigenvalue weighted by atomic mass is 19.4. The molecule has 31 heavy (non-hydrogen) atoms. The molecular weight excluding hydrogens is 414 g/mol. The van der Waals surface area contributed by atoms with Gasteiger partial charge < -0.3 is 9.80 Å². The maximum absolute atomic E-state index is 13.3. The number of hydrogen-bond acceptors (Lipinski definition) is 3. The molecule has 2 aliphatic heterocycles. The van der Waals surface area contributed by atoms with E-state index >= 15 is 0 Å². The van der Waals surface area contributed by atoms with Crippen molar-refractivity contribution in [3.05, 3.63) is 47.3 Å². The van der Waals surface area contributed by atoms with E-state index in [2.05, 4.69) is 15.2 Å². The summed E-state index contributed by atoms with van der Waals surface area (Å²) in [4.78, 5) is 20.6. The van der Waals surface area contributed by atoms with Gasteiger partial charge in [-0.15, -0.1) is 0 Å². The Kier molecular flexibility index (Phi) is 4.71. The Hall–Kier alpha value is -2.65. The van der Waals surface area contributed by atoms with Crippen molar-refractivity contribution in [2.45, 2.75) is 37.8 Å². The second kappa shape index (κ2) is 7.20. The molecule has 5 rings (SSSR count). The summed E-state index contributed by atoms with van der Waals surface area (Å²) < 4.78 is 52.9. The molecule has 1 N–H and O–H groups in total. The molecule has 2 amide bonds. The van der Waals surface area contributed by atoms with Gasteiger partial charge in [0.05, 0.1) is 5.56 Å². The Morgan fingerprint density at radius 1 is 1.23 bits per heavy atom. The van der Waals surface area contributed by atoms with E-state index in [0.29, 0.717) is 32.2 Å². The molecule has 1 aromatic carbocycles. The van der Waals surface area contributed by atoms with Crippen LogP contribution in [-0.2, 0) is 12.6 Å². The largest absolute Gasteiger partial charge is 0.416 e. The summed E-state index contributed by atoms with van der Waals surface area (Å²) in [6.07, 6.45) is -0.358. The first-order chi connectivity index (χ1) is 14.7. The molecule has 2 aromatic rings. The third-order valence-electron chi connectivity index (χ3n) is 6.93. The number of carbonyl (C=O) groups excluding carboxylic acids is 1. The van der Waals surface area contributed by atoms with Crippen molar-refractivity contribution in [3.63, 3.8) is 0 Å². The Morgan fingerprint density at radius 2 is 2.00 bits per heavy atom. The van der Waals surface area contributed by atoms with Crippen LogP contribution in [0.4, 0.5) is 22.4 Å². The number of alkyl halides is 3. The summed E-state index contributed by atoms with van der Waals surface area (Å²) in [6, 6.07) is 2.94. The molecule has 1 aromatic heterocycles. The zero-order chi connectivity index (χ0) is 21.8. The van der Waals surface area contributed by atoms with Crippen molar-refractivity contribution < 1.29 is 22.4 Å². The fourth-order valence-corrected chi connectivity index (χ4v) is 5.54. The van der Waals surface area contributed by atoms with Gasteiger partial charge in [0, 0.05) is 37.5 Å². The number of benzene rings is 1. The molecule has 3 fully saturated rings. The van der Waals surface area contributed by atoms with Crippen LogP contribution in [0.1, 0.15) is 42.1 Å². The number of likely N-dealkylation sites (tertiary alicyclic amines) is 2. The number of halogens is 4. The number of aromatic nitrogens is 3. The molecule has 3 aliphatic rings. The Bertz CT molecular complexity index is 963. The van der Waals surface area contributed by atoms with E-state index in [1.807, 2.05) is 9.80 Å². The van der Waals surface area contributed by atoms with E-state index in [9.17, 15) is 22.4 Å². The number of urea groups is 1. The van der Waals surface area contributed by atoms with E-state index in [1.54, 1.807) is 0 Å². The minimum atomic E-state index is -4.56. The lowest BCUT2D eigenvalue weighted by atomic mass is 9.56. The molecule has 1 atom stereocenters. The van der Waals surface area contributed by atoms with Gasteiger partial charge in [-0.05, 0) is 49.3 Å². The molecule has 1 aliphatic carbocycles. The SMILES string of the molecule is O=C(N1CCC(c2ncn[nH]2)C1)N1CC2(CC(Cc3ccc(F)cc3C(F)(F)F)C2)C1. The van der Waals surface area contributed by atoms with Gasteiger partial charge in [-0.25, -0.2) is 14.2 Å². The predicted octanol–water partition coefficient (Wildman–Crippen LogP) is 3.83. The van der Waals surface area contributed by atoms with Gasteiger partial charge in [0.2, 0.25) is 0 Å². The molecule has 166 valence electrons. The molecule has 10 heteroatoms. The van der Waals surface area contributed by atoms with Gasteiger partial charge in [-0.3, -0.25) is 5.10 Å². The minimum Gasteiger partial charge on any atom is -0.324 e. The van der Waals surface area contributed by atoms with Crippen LogP contribution < -0.4 is 0 Å². The molecule has 6 nitrogen and oxygen atoms in total. The first-order valence-electron chi connectivity index (χ1n) is 10.5. The number of rotatable bonds is 3. The number of hydrogen-bond donors (Lipinski definition) is 1. The average Bonchev–Trinajstić information content (AvgIpc) is 3.33. The van der Waals surface area contributed by atoms with Crippen molar-refractivity contribution in [2.75, 3.05) is 26.2 Å². The second-order valence-electron chi connectivity index (χ2n) is 9.22. The number of amides is 2. The van der Waals surface area contributed by atoms with Crippen molar-refractivity contribution in [1.29, 1.82) is 0 Å². The number of carbonyl (C=O) groups is 1. The third kappa shape index (κ3) is 3.76. The molecule has 2 saturated heterocycles. The summed E-state index contributed by atoms with van der Waals surface area (Å²) in [5, 5.41) is 6.73. The van der Waals surface area contributed by atoms with E-state index in [0.717, 1.165) is 31.2 Å². The van der Waals surface area contributed by atoms with E-state index < -0.39 is 17.6 Å². The second-order valence-corrected chi connectivity index (χ2v) is 9.22. The lowest BCUT2D eigenvalue weighted by Crippen LogP contribution is -2.65. The summed E-state index contributed by atoms with van der Waals surface area (Å²) in [7, 11) is 0. The van der Waals surface area contributed by atoms with Gasteiger partial charge in [0.1, 0.15) is 18.0 Å². The topological polar surface area (TPSA) is 65.1 Å². The van der Waals surface area contributed by atoms with Crippen LogP contribution in [0.2, 0.25) is 0 Å². The maximum atomic E-state index is 13.3. The highest BCUT2D eigenvalue weighted by Crippen LogP contribution is 2.53. The quantitative estimate of drug-likeness (QED) is 0.743. The summed E-state index contributed by atoms with van der Waals surface area (Å²) in [5.74, 6) is 0.234. The monoisotopic (exact) mass is 437 g/mol. The van der Waals surface area contributed by atoms with Crippen molar-refractivity contribution in [2.24, 2.45) is 11.3 Å². The Morgan fingerprint density at radius 3 is 2.68 bits per heavy atom. The third-order valence-corrected chi connectivity index (χ3v) is 6.93. The van der Waals surface area contributed by atoms with Crippen LogP contribution in [0.15, 0.2) is 24.5 Å². The van der Waals surface area contributed by atoms with Crippen LogP contribution in [0.3, 0.4) is 0 Å². The van der Waals surface area contributed by atoms with Gasteiger partial charge in [-0.2, -0.15) is 18.3 Å². The lowest BCUT2D eigenvalue weighted by molar-refractivity contribution is -0.138. The maximum Gasteiger partial charge on any atom is 0.416 e. The average molecular weight is 437 g/mol. The van der Waals surface area contributed by atoms with Gasteiger partial charge in [0.15, 0.2) is 0 Å². The standard InChI is InChI=1S/C21H23F4N5O/c22-16-2-1-14(17(6-16)21(23,24)25)5-13-7-20(8-13)10-30(11-20)19(31)29-4-3-15(9-29)18-26-12-27-28-18/h1-2,6,12-13,15H,3-5,7-11H2,(H,26,27,28). The molecule has 1 spiro atoms. The number of H-pyrrole nitrogens is 1. The van der Waals surface area contributed by atoms with Crippen LogP contribution >= 0.6 is 0 Å². The zero-order valence-corrected chi connectivity index (χ0v) is 16.8. The molecular formula is C21H23F4N5O. The van der Waals surface area contributed by atoms with E-state index in [-0.39, 0.29) is 35.3 Å². The fraction of sp³-hybridized carbons (Fsp3) is 0.571. The smallest absolute Gasteiger partial charge is 0.324 e. The Balaban J connectivity index is 1.13. The first-order valence-corrected chi connectivity index (χ1v) is 10.5. The summed E-state index contributed by atoms with van der Waals surface area (Å²) >= 11 is 0. The highest BCUT2D eigenvalue weighted by Gasteiger charge is 2.54. The van der Waals surface area contributed by atoms with Crippen molar-refractivity contribution in [3.8, 4) is 0 Å². The molecule has 0 bridgehead atoms. The zero-order valence-electron chi connectivity index (χ0n) is 16.8. The lowest BCUT2D eigenvalue weighted by Gasteiger charge is -2.59. The highest BCUT2D eigenvalue weighted by molar-refractivity contribution is 5.76. The number of nitrogens with one attached hydrogen (secondary N) is 1. The van der Waals surface area contributed by atoms with Gasteiger partial charge in [-0.1, -0.05) is 6.07 Å². The summed E-state index contributed by atoms with van der Waals surface area (Å²) in [6.45, 7) is 2.61. The normalized spacial score (nSPS) is 23.2. The van der Waals surface area contributed by atoms with E-state index in [1.165, 1.54) is 12.4 Å². The van der Waals surface area contributed by atoms with Crippen molar-refractivity contribution >= 4 is 6.03 Å². The molecule has 1 unspecified atom stereocenters. The van der Waals surface area contributed by atoms with E-state index in [4.69, 9.17) is 0 Å². The molecule has 1 saturated carbocycles. The van der Waals surface area contributed by atoms with Crippen LogP contribution in [0, 0.1) is 17.2 Å². The van der Waals surface area contributed by atoms with Crippen molar-refractivity contribution in [1.82, 2.24) is 25.0 Å². The summed E-state index contributed by atoms with van der Waals surface area (Å²) in [5.41, 5.74) is -0.700. The number of aromatic amines is 1. The van der Waals surface area contributed by atoms with Crippen LogP contribution in [0.5, 0.6) is 0 Å². The van der Waals surface area contributed by atoms with Crippen LogP contribution in [-0.4, -0.2) is 57.2 Å². The fourth-order valence-electron chi connectivity index (χ4n) is 5.54. The molecule has 0 radical (unpaired) electrons. The number of nitrogens with zero attached hydrogens (tertiary/aromatic N) is 4. The van der Waals surface area contributed by atoms with Gasteiger partial charge >= 0.3 is 12.2 Å². The van der Waals surface area contributed by atoms with Crippen LogP contribution in [0.25, 0.3) is 0 Å². The van der Waals surface area contributed by atoms with Gasteiger partial charge in [0.25, 0.3) is 0 Å². The molecule has 3 heterocycles. The minimum absolute atomic E-state index is 0.0222.